The number of benzene rings is 2. The first-order valence-electron chi connectivity index (χ1n) is 11.9. The summed E-state index contributed by atoms with van der Waals surface area (Å²) in [5.74, 6) is -1.39. The number of aryl methyl sites for hydroxylation is 1. The van der Waals surface area contributed by atoms with Gasteiger partial charge in [-0.15, -0.1) is 0 Å². The zero-order chi connectivity index (χ0) is 28.4. The number of nitrogens with two attached hydrogens (primary N) is 1. The second-order valence-corrected chi connectivity index (χ2v) is 9.72. The molecule has 4 N–H and O–H groups in total. The van der Waals surface area contributed by atoms with Crippen molar-refractivity contribution in [2.45, 2.75) is 44.6 Å². The number of primary amides is 1. The molecule has 0 saturated carbocycles. The van der Waals surface area contributed by atoms with Crippen LogP contribution in [0.2, 0.25) is 0 Å². The van der Waals surface area contributed by atoms with Crippen LogP contribution in [-0.4, -0.2) is 41.6 Å². The Morgan fingerprint density at radius 3 is 2.11 bits per heavy atom. The van der Waals surface area contributed by atoms with Gasteiger partial charge >= 0.3 is 18.4 Å². The van der Waals surface area contributed by atoms with Gasteiger partial charge in [0.1, 0.15) is 0 Å². The number of carboxylic acid groups (broad SMARTS) is 1. The summed E-state index contributed by atoms with van der Waals surface area (Å²) < 4.78 is 75.1. The van der Waals surface area contributed by atoms with E-state index in [9.17, 15) is 41.0 Å². The quantitative estimate of drug-likeness (QED) is 0.440. The number of carbonyl (C=O) groups is 2. The Morgan fingerprint density at radius 2 is 1.61 bits per heavy atom. The maximum Gasteiger partial charge on any atom is 0.416 e. The van der Waals surface area contributed by atoms with E-state index in [1.807, 2.05) is 12.1 Å². The molecule has 4 rings (SSSR count). The van der Waals surface area contributed by atoms with Crippen LogP contribution in [0.1, 0.15) is 53.1 Å². The third-order valence-corrected chi connectivity index (χ3v) is 7.00. The van der Waals surface area contributed by atoms with Crippen molar-refractivity contribution in [3.63, 3.8) is 0 Å². The molecule has 4 atom stereocenters. The molecule has 2 amide bonds. The molecule has 2 heterocycles. The number of likely N-dealkylation sites (tertiary alicyclic amines) is 1. The molecule has 0 aliphatic carbocycles. The van der Waals surface area contributed by atoms with Gasteiger partial charge in [0.15, 0.2) is 0 Å². The van der Waals surface area contributed by atoms with Crippen LogP contribution < -0.4 is 11.1 Å². The van der Waals surface area contributed by atoms with Crippen LogP contribution >= 0.6 is 0 Å². The third kappa shape index (κ3) is 6.77. The highest BCUT2D eigenvalue weighted by atomic mass is 19.4. The van der Waals surface area contributed by atoms with E-state index in [0.29, 0.717) is 30.5 Å². The van der Waals surface area contributed by atoms with Crippen molar-refractivity contribution in [1.82, 2.24) is 10.2 Å². The topological polar surface area (TPSA) is 95.7 Å². The second kappa shape index (κ2) is 11.2. The van der Waals surface area contributed by atoms with E-state index in [4.69, 9.17) is 5.73 Å². The van der Waals surface area contributed by atoms with Gasteiger partial charge in [0.2, 0.25) is 5.91 Å². The van der Waals surface area contributed by atoms with Crippen LogP contribution in [0.5, 0.6) is 0 Å². The highest BCUT2D eigenvalue weighted by Crippen LogP contribution is 2.41. The Morgan fingerprint density at radius 1 is 1.03 bits per heavy atom. The fraction of sp³-hybridized carbons (Fsp3) is 0.462. The summed E-state index contributed by atoms with van der Waals surface area (Å²) in [5.41, 5.74) is 3.88. The number of carbonyl (C=O) groups excluding carboxylic acids is 1. The largest absolute Gasteiger partial charge is 0.465 e. The number of halogens is 6. The van der Waals surface area contributed by atoms with E-state index in [1.54, 1.807) is 4.90 Å². The number of rotatable bonds is 3. The van der Waals surface area contributed by atoms with Crippen LogP contribution in [0.25, 0.3) is 0 Å². The number of amides is 2. The smallest absolute Gasteiger partial charge is 0.416 e. The van der Waals surface area contributed by atoms with Crippen molar-refractivity contribution in [2.24, 2.45) is 17.6 Å². The first kappa shape index (κ1) is 29.3. The van der Waals surface area contributed by atoms with E-state index in [-0.39, 0.29) is 12.1 Å². The van der Waals surface area contributed by atoms with Gasteiger partial charge in [0.05, 0.1) is 23.1 Å². The molecule has 2 aromatic carbocycles. The number of hydrogen-bond donors (Lipinski definition) is 3. The minimum absolute atomic E-state index is 0.00255. The average molecular weight is 546 g/mol. The fourth-order valence-corrected chi connectivity index (χ4v) is 5.02. The summed E-state index contributed by atoms with van der Waals surface area (Å²) in [4.78, 5) is 24.1. The van der Waals surface area contributed by atoms with Crippen LogP contribution in [0, 0.1) is 18.8 Å². The maximum absolute atomic E-state index is 12.5. The van der Waals surface area contributed by atoms with E-state index >= 15 is 0 Å². The lowest BCUT2D eigenvalue weighted by atomic mass is 9.77. The Balaban J connectivity index is 0.000000211. The minimum Gasteiger partial charge on any atom is -0.465 e. The van der Waals surface area contributed by atoms with Crippen molar-refractivity contribution in [2.75, 3.05) is 19.6 Å². The maximum atomic E-state index is 12.5. The molecule has 0 spiro atoms. The van der Waals surface area contributed by atoms with Crippen molar-refractivity contribution in [3.8, 4) is 0 Å². The van der Waals surface area contributed by atoms with Crippen molar-refractivity contribution in [1.29, 1.82) is 0 Å². The molecule has 0 radical (unpaired) electrons. The first-order chi connectivity index (χ1) is 17.6. The Kier molecular flexibility index (Phi) is 8.65. The first-order valence-corrected chi connectivity index (χ1v) is 11.9. The van der Waals surface area contributed by atoms with Crippen LogP contribution in [0.15, 0.2) is 42.5 Å². The zero-order valence-corrected chi connectivity index (χ0v) is 20.7. The molecule has 208 valence electrons. The number of nitrogens with zero attached hydrogens (tertiary/aromatic N) is 1. The average Bonchev–Trinajstić information content (AvgIpc) is 2.83. The molecule has 2 aromatic rings. The van der Waals surface area contributed by atoms with Gasteiger partial charge in [-0.25, -0.2) is 4.79 Å². The van der Waals surface area contributed by atoms with E-state index in [0.717, 1.165) is 32.0 Å². The lowest BCUT2D eigenvalue weighted by molar-refractivity contribution is -0.143. The number of alkyl halides is 6. The molecule has 4 unspecified atom stereocenters. The van der Waals surface area contributed by atoms with E-state index in [2.05, 4.69) is 24.4 Å². The number of fused-ring (bicyclic) bond motifs is 2. The zero-order valence-electron chi connectivity index (χ0n) is 20.7. The summed E-state index contributed by atoms with van der Waals surface area (Å²) in [7, 11) is 0. The Bertz CT molecular complexity index is 1140. The molecule has 12 heteroatoms. The van der Waals surface area contributed by atoms with Gasteiger partial charge in [0.25, 0.3) is 0 Å². The van der Waals surface area contributed by atoms with Gasteiger partial charge < -0.3 is 21.1 Å². The van der Waals surface area contributed by atoms with Crippen LogP contribution in [-0.2, 0) is 17.1 Å². The Labute approximate surface area is 215 Å². The minimum atomic E-state index is -4.94. The number of hydrogen-bond acceptors (Lipinski definition) is 3. The van der Waals surface area contributed by atoms with E-state index in [1.165, 1.54) is 5.56 Å². The summed E-state index contributed by atoms with van der Waals surface area (Å²) in [6.45, 7) is 5.72. The third-order valence-electron chi connectivity index (χ3n) is 7.00. The second-order valence-electron chi connectivity index (χ2n) is 9.72. The van der Waals surface area contributed by atoms with Crippen molar-refractivity contribution < 1.29 is 41.0 Å². The molecule has 2 aliphatic heterocycles. The monoisotopic (exact) mass is 545 g/mol. The predicted molar refractivity (Wildman–Crippen MR) is 127 cm³/mol. The van der Waals surface area contributed by atoms with Gasteiger partial charge in [-0.3, -0.25) is 4.79 Å². The van der Waals surface area contributed by atoms with Crippen molar-refractivity contribution in [3.05, 3.63) is 70.3 Å². The van der Waals surface area contributed by atoms with Gasteiger partial charge in [-0.2, -0.15) is 26.3 Å². The molecular formula is C26H29F6N3O3. The highest BCUT2D eigenvalue weighted by Gasteiger charge is 2.42. The Hall–Kier alpha value is -3.28. The summed E-state index contributed by atoms with van der Waals surface area (Å²) in [6, 6.07) is 9.14. The highest BCUT2D eigenvalue weighted by molar-refractivity contribution is 5.81. The lowest BCUT2D eigenvalue weighted by Gasteiger charge is -2.47. The molecule has 2 fully saturated rings. The van der Waals surface area contributed by atoms with Crippen LogP contribution in [0.4, 0.5) is 31.1 Å². The normalized spacial score (nSPS) is 22.2. The van der Waals surface area contributed by atoms with Crippen molar-refractivity contribution >= 4 is 12.0 Å². The summed E-state index contributed by atoms with van der Waals surface area (Å²) in [6.07, 6.45) is -9.53. The number of nitrogens with one attached hydrogen (secondary N) is 1. The van der Waals surface area contributed by atoms with Gasteiger partial charge in [-0.1, -0.05) is 24.3 Å². The van der Waals surface area contributed by atoms with Gasteiger partial charge in [-0.05, 0) is 73.5 Å². The fourth-order valence-electron chi connectivity index (χ4n) is 5.02. The molecule has 2 bridgehead atoms. The molecule has 6 nitrogen and oxygen atoms in total. The lowest BCUT2D eigenvalue weighted by Crippen LogP contribution is -2.54. The predicted octanol–water partition coefficient (Wildman–Crippen LogP) is 5.57. The van der Waals surface area contributed by atoms with Crippen LogP contribution in [0.3, 0.4) is 0 Å². The molecule has 2 aliphatic rings. The summed E-state index contributed by atoms with van der Waals surface area (Å²) in [5, 5.41) is 13.0. The molecule has 2 saturated heterocycles. The number of piperidine rings is 2. The van der Waals surface area contributed by atoms with E-state index < -0.39 is 47.0 Å². The SMILES string of the molecule is CC(C(N)=O)c1cc(C(F)(F)F)cc(C(F)(F)F)c1.Cc1ccccc1C1C2CNCC(C2)CN1C(=O)O. The standard InChI is InChI=1S/C15H20N2O2.C11H9F6NO/c1-10-4-2-3-5-13(10)14-12-6-11(7-16-8-12)9-17(14)15(18)19;1-5(9(18)19)6-2-7(10(12,13)14)4-8(3-6)11(15,16)17/h2-5,11-12,14,16H,6-9H2,1H3,(H,18,19);2-5H,1H3,(H2,18,19). The molecule has 38 heavy (non-hydrogen) atoms. The summed E-state index contributed by atoms with van der Waals surface area (Å²) >= 11 is 0. The molecular weight excluding hydrogens is 516 g/mol. The van der Waals surface area contributed by atoms with Gasteiger partial charge in [0, 0.05) is 13.1 Å². The molecule has 0 aromatic heterocycles.